The van der Waals surface area contributed by atoms with Gasteiger partial charge in [0.15, 0.2) is 0 Å². The molecule has 3 heterocycles. The molecule has 0 amide bonds. The Labute approximate surface area is 178 Å². The molecule has 1 aliphatic heterocycles. The Morgan fingerprint density at radius 3 is 2.47 bits per heavy atom. The highest BCUT2D eigenvalue weighted by atomic mass is 15.3. The SMILES string of the molecule is Cc1cnn(C)c1-c1ccc(N[C@@H]2C[C@@H]3CN(CC4CC5C=CC4C5)C[C@@H]3C2)nn1. The Morgan fingerprint density at radius 1 is 1.03 bits per heavy atom. The Morgan fingerprint density at radius 2 is 1.87 bits per heavy atom. The maximum atomic E-state index is 4.46. The van der Waals surface area contributed by atoms with Crippen molar-refractivity contribution >= 4 is 5.82 Å². The molecule has 0 radical (unpaired) electrons. The summed E-state index contributed by atoms with van der Waals surface area (Å²) in [5.74, 6) is 5.28. The van der Waals surface area contributed by atoms with Crippen molar-refractivity contribution in [3.8, 4) is 11.4 Å². The van der Waals surface area contributed by atoms with Crippen LogP contribution >= 0.6 is 0 Å². The minimum atomic E-state index is 0.533. The van der Waals surface area contributed by atoms with Crippen LogP contribution in [0.4, 0.5) is 5.82 Å². The van der Waals surface area contributed by atoms with Gasteiger partial charge in [-0.3, -0.25) is 4.68 Å². The first-order valence-electron chi connectivity index (χ1n) is 11.6. The van der Waals surface area contributed by atoms with Crippen molar-refractivity contribution < 1.29 is 0 Å². The van der Waals surface area contributed by atoms with Crippen LogP contribution in [-0.2, 0) is 7.05 Å². The fourth-order valence-corrected chi connectivity index (χ4v) is 6.76. The first-order chi connectivity index (χ1) is 14.6. The van der Waals surface area contributed by atoms with E-state index in [1.807, 2.05) is 17.9 Å². The average molecular weight is 405 g/mol. The summed E-state index contributed by atoms with van der Waals surface area (Å²) in [5.41, 5.74) is 3.05. The Kier molecular flexibility index (Phi) is 4.44. The van der Waals surface area contributed by atoms with Crippen molar-refractivity contribution in [3.05, 3.63) is 36.0 Å². The number of rotatable bonds is 5. The highest BCUT2D eigenvalue weighted by Gasteiger charge is 2.43. The maximum Gasteiger partial charge on any atom is 0.148 e. The van der Waals surface area contributed by atoms with E-state index in [-0.39, 0.29) is 0 Å². The molecule has 3 fully saturated rings. The predicted octanol–water partition coefficient (Wildman–Crippen LogP) is 3.52. The molecule has 6 heteroatoms. The number of hydrogen-bond acceptors (Lipinski definition) is 5. The molecule has 2 aromatic heterocycles. The third-order valence-corrected chi connectivity index (χ3v) is 8.12. The largest absolute Gasteiger partial charge is 0.366 e. The van der Waals surface area contributed by atoms with E-state index in [0.717, 1.165) is 52.4 Å². The van der Waals surface area contributed by atoms with Gasteiger partial charge in [-0.15, -0.1) is 10.2 Å². The van der Waals surface area contributed by atoms with Crippen molar-refractivity contribution in [1.82, 2.24) is 24.9 Å². The summed E-state index contributed by atoms with van der Waals surface area (Å²) in [5, 5.41) is 16.9. The van der Waals surface area contributed by atoms with Gasteiger partial charge in [0, 0.05) is 32.7 Å². The Bertz CT molecular complexity index is 914. The van der Waals surface area contributed by atoms with Crippen LogP contribution in [0.5, 0.6) is 0 Å². The molecule has 3 aliphatic carbocycles. The van der Waals surface area contributed by atoms with E-state index in [1.54, 1.807) is 0 Å². The van der Waals surface area contributed by atoms with Crippen LogP contribution in [0.1, 0.15) is 31.2 Å². The van der Waals surface area contributed by atoms with Crippen molar-refractivity contribution in [2.45, 2.75) is 38.6 Å². The molecule has 30 heavy (non-hydrogen) atoms. The van der Waals surface area contributed by atoms with Gasteiger partial charge < -0.3 is 10.2 Å². The molecule has 6 rings (SSSR count). The number of nitrogens with zero attached hydrogens (tertiary/aromatic N) is 5. The predicted molar refractivity (Wildman–Crippen MR) is 118 cm³/mol. The van der Waals surface area contributed by atoms with Crippen molar-refractivity contribution in [2.75, 3.05) is 25.0 Å². The zero-order chi connectivity index (χ0) is 20.2. The first kappa shape index (κ1) is 18.6. The van der Waals surface area contributed by atoms with Gasteiger partial charge >= 0.3 is 0 Å². The molecule has 158 valence electrons. The summed E-state index contributed by atoms with van der Waals surface area (Å²) in [7, 11) is 1.95. The van der Waals surface area contributed by atoms with E-state index < -0.39 is 0 Å². The van der Waals surface area contributed by atoms with Crippen molar-refractivity contribution in [1.29, 1.82) is 0 Å². The number of hydrogen-bond donors (Lipinski definition) is 1. The smallest absolute Gasteiger partial charge is 0.148 e. The molecule has 2 aromatic rings. The zero-order valence-electron chi connectivity index (χ0n) is 18.0. The number of allylic oxidation sites excluding steroid dienone is 2. The molecular formula is C24H32N6. The Balaban J connectivity index is 1.03. The van der Waals surface area contributed by atoms with E-state index in [1.165, 1.54) is 45.3 Å². The summed E-state index contributed by atoms with van der Waals surface area (Å²) in [6.45, 7) is 5.98. The quantitative estimate of drug-likeness (QED) is 0.773. The summed E-state index contributed by atoms with van der Waals surface area (Å²) in [4.78, 5) is 2.77. The van der Waals surface area contributed by atoms with Crippen LogP contribution in [0.15, 0.2) is 30.5 Å². The normalized spacial score (nSPS) is 34.7. The lowest BCUT2D eigenvalue weighted by molar-refractivity contribution is 0.238. The van der Waals surface area contributed by atoms with Gasteiger partial charge in [0.05, 0.1) is 11.9 Å². The fourth-order valence-electron chi connectivity index (χ4n) is 6.76. The number of aromatic nitrogens is 4. The van der Waals surface area contributed by atoms with Crippen LogP contribution in [0.3, 0.4) is 0 Å². The van der Waals surface area contributed by atoms with E-state index in [0.29, 0.717) is 6.04 Å². The Hall–Kier alpha value is -2.21. The van der Waals surface area contributed by atoms with Gasteiger partial charge in [0.2, 0.25) is 0 Å². The highest BCUT2D eigenvalue weighted by molar-refractivity contribution is 5.59. The second kappa shape index (κ2) is 7.19. The second-order valence-electron chi connectivity index (χ2n) is 10.2. The number of aryl methyl sites for hydroxylation is 2. The number of anilines is 1. The molecule has 2 saturated carbocycles. The number of likely N-dealkylation sites (tertiary alicyclic amines) is 1. The maximum absolute atomic E-state index is 4.46. The van der Waals surface area contributed by atoms with Gasteiger partial charge in [0.25, 0.3) is 0 Å². The monoisotopic (exact) mass is 404 g/mol. The molecule has 1 N–H and O–H groups in total. The lowest BCUT2D eigenvalue weighted by atomic mass is 9.93. The summed E-state index contributed by atoms with van der Waals surface area (Å²) >= 11 is 0. The first-order valence-corrected chi connectivity index (χ1v) is 11.6. The van der Waals surface area contributed by atoms with Crippen LogP contribution in [-0.4, -0.2) is 50.6 Å². The third-order valence-electron chi connectivity index (χ3n) is 8.12. The van der Waals surface area contributed by atoms with E-state index in [9.17, 15) is 0 Å². The van der Waals surface area contributed by atoms with Gasteiger partial charge in [-0.25, -0.2) is 0 Å². The number of fused-ring (bicyclic) bond motifs is 3. The second-order valence-corrected chi connectivity index (χ2v) is 10.2. The van der Waals surface area contributed by atoms with Crippen LogP contribution in [0.2, 0.25) is 0 Å². The van der Waals surface area contributed by atoms with Crippen molar-refractivity contribution in [2.24, 2.45) is 36.6 Å². The minimum absolute atomic E-state index is 0.533. The molecule has 4 aliphatic rings. The zero-order valence-corrected chi connectivity index (χ0v) is 18.0. The molecule has 6 nitrogen and oxygen atoms in total. The molecule has 0 aromatic carbocycles. The van der Waals surface area contributed by atoms with Gasteiger partial charge in [0.1, 0.15) is 11.5 Å². The van der Waals surface area contributed by atoms with Gasteiger partial charge in [-0.1, -0.05) is 12.2 Å². The third kappa shape index (κ3) is 3.25. The average Bonchev–Trinajstić information content (AvgIpc) is 3.52. The minimum Gasteiger partial charge on any atom is -0.366 e. The summed E-state index contributed by atoms with van der Waals surface area (Å²) in [6.07, 6.45) is 12.2. The van der Waals surface area contributed by atoms with Crippen LogP contribution < -0.4 is 5.32 Å². The molecular weight excluding hydrogens is 372 g/mol. The molecule has 1 saturated heterocycles. The molecule has 0 spiro atoms. The van der Waals surface area contributed by atoms with E-state index in [2.05, 4.69) is 56.7 Å². The standard InChI is InChI=1S/C24H32N6/c1-15-11-25-29(2)24(15)22-5-6-23(28-27-22)26-21-9-19-13-30(14-20(19)10-21)12-18-8-16-3-4-17(18)7-16/h3-6,11,16-21H,7-10,12-14H2,1-2H3,(H,26,28)/t16?,17?,18?,19-,20+,21-. The van der Waals surface area contributed by atoms with Crippen LogP contribution in [0.25, 0.3) is 11.4 Å². The molecule has 3 unspecified atom stereocenters. The summed E-state index contributed by atoms with van der Waals surface area (Å²) < 4.78 is 1.86. The summed E-state index contributed by atoms with van der Waals surface area (Å²) in [6, 6.07) is 4.66. The molecule has 6 atom stereocenters. The topological polar surface area (TPSA) is 58.9 Å². The van der Waals surface area contributed by atoms with Gasteiger partial charge in [-0.05, 0) is 79.9 Å². The molecule has 2 bridgehead atoms. The highest BCUT2D eigenvalue weighted by Crippen LogP contribution is 2.45. The fraction of sp³-hybridized carbons (Fsp3) is 0.625. The number of nitrogens with one attached hydrogen (secondary N) is 1. The van der Waals surface area contributed by atoms with Crippen molar-refractivity contribution in [3.63, 3.8) is 0 Å². The lowest BCUT2D eigenvalue weighted by Gasteiger charge is -2.26. The lowest BCUT2D eigenvalue weighted by Crippen LogP contribution is -2.31. The van der Waals surface area contributed by atoms with Crippen LogP contribution in [0, 0.1) is 36.5 Å². The van der Waals surface area contributed by atoms with Gasteiger partial charge in [-0.2, -0.15) is 5.10 Å². The van der Waals surface area contributed by atoms with E-state index >= 15 is 0 Å². The van der Waals surface area contributed by atoms with E-state index in [4.69, 9.17) is 0 Å².